The predicted octanol–water partition coefficient (Wildman–Crippen LogP) is 4.59. The molecule has 0 N–H and O–H groups in total. The minimum atomic E-state index is -0.506. The summed E-state index contributed by atoms with van der Waals surface area (Å²) in [6.07, 6.45) is 3.64. The summed E-state index contributed by atoms with van der Waals surface area (Å²) in [5, 5.41) is 6.42. The van der Waals surface area contributed by atoms with Crippen molar-refractivity contribution in [1.29, 1.82) is 0 Å². The number of halogens is 2. The molecule has 0 bridgehead atoms. The Hall–Kier alpha value is -1.73. The fourth-order valence-electron chi connectivity index (χ4n) is 2.81. The third-order valence-corrected chi connectivity index (χ3v) is 5.01. The molecule has 1 aromatic heterocycles. The molecule has 0 aliphatic carbocycles. The number of piperidine rings is 1. The van der Waals surface area contributed by atoms with Crippen LogP contribution in [-0.2, 0) is 9.63 Å². The second kappa shape index (κ2) is 7.48. The van der Waals surface area contributed by atoms with Crippen molar-refractivity contribution in [3.63, 3.8) is 0 Å². The molecule has 3 rings (SSSR count). The molecule has 1 aliphatic heterocycles. The fourth-order valence-corrected chi connectivity index (χ4v) is 3.33. The number of hydrogen-bond acceptors (Lipinski definition) is 4. The van der Waals surface area contributed by atoms with E-state index in [0.717, 1.165) is 28.6 Å². The SMILES string of the molecule is CC(C)(C)C(=O)ON1CCC(n2cc(Br)c(-c3ccc(F)cc3)n2)CC1. The van der Waals surface area contributed by atoms with E-state index >= 15 is 0 Å². The highest BCUT2D eigenvalue weighted by atomic mass is 79.9. The lowest BCUT2D eigenvalue weighted by molar-refractivity contribution is -0.205. The predicted molar refractivity (Wildman–Crippen MR) is 101 cm³/mol. The Morgan fingerprint density at radius 1 is 1.23 bits per heavy atom. The molecule has 0 amide bonds. The van der Waals surface area contributed by atoms with Crippen LogP contribution in [0.25, 0.3) is 11.3 Å². The molecule has 7 heteroatoms. The highest BCUT2D eigenvalue weighted by molar-refractivity contribution is 9.10. The highest BCUT2D eigenvalue weighted by Crippen LogP contribution is 2.31. The van der Waals surface area contributed by atoms with Crippen molar-refractivity contribution >= 4 is 21.9 Å². The van der Waals surface area contributed by atoms with Crippen LogP contribution in [-0.4, -0.2) is 33.9 Å². The van der Waals surface area contributed by atoms with Crippen molar-refractivity contribution in [2.45, 2.75) is 39.7 Å². The number of hydrogen-bond donors (Lipinski definition) is 0. The van der Waals surface area contributed by atoms with Gasteiger partial charge in [0.2, 0.25) is 0 Å². The van der Waals surface area contributed by atoms with Crippen LogP contribution in [0, 0.1) is 11.2 Å². The average molecular weight is 424 g/mol. The van der Waals surface area contributed by atoms with E-state index in [1.165, 1.54) is 12.1 Å². The molecule has 26 heavy (non-hydrogen) atoms. The van der Waals surface area contributed by atoms with Crippen LogP contribution in [0.5, 0.6) is 0 Å². The number of nitrogens with zero attached hydrogens (tertiary/aromatic N) is 3. The molecule has 140 valence electrons. The summed E-state index contributed by atoms with van der Waals surface area (Å²) in [6.45, 7) is 6.90. The number of carbonyl (C=O) groups is 1. The van der Waals surface area contributed by atoms with Gasteiger partial charge in [0.15, 0.2) is 0 Å². The van der Waals surface area contributed by atoms with Crippen LogP contribution in [0.2, 0.25) is 0 Å². The molecule has 1 aliphatic rings. The second-order valence-corrected chi connectivity index (χ2v) is 8.46. The topological polar surface area (TPSA) is 47.4 Å². The van der Waals surface area contributed by atoms with Gasteiger partial charge in [-0.1, -0.05) is 0 Å². The maximum atomic E-state index is 13.1. The van der Waals surface area contributed by atoms with Crippen LogP contribution in [0.1, 0.15) is 39.7 Å². The lowest BCUT2D eigenvalue weighted by atomic mass is 9.98. The van der Waals surface area contributed by atoms with Gasteiger partial charge in [-0.25, -0.2) is 9.18 Å². The third kappa shape index (κ3) is 4.32. The minimum absolute atomic E-state index is 0.212. The zero-order valence-electron chi connectivity index (χ0n) is 15.2. The summed E-state index contributed by atoms with van der Waals surface area (Å²) in [4.78, 5) is 17.5. The second-order valence-electron chi connectivity index (χ2n) is 7.60. The van der Waals surface area contributed by atoms with Gasteiger partial charge in [0, 0.05) is 24.8 Å². The van der Waals surface area contributed by atoms with Gasteiger partial charge < -0.3 is 4.84 Å². The van der Waals surface area contributed by atoms with Gasteiger partial charge in [-0.05, 0) is 73.8 Å². The quantitative estimate of drug-likeness (QED) is 0.723. The zero-order valence-corrected chi connectivity index (χ0v) is 16.8. The van der Waals surface area contributed by atoms with Gasteiger partial charge in [0.25, 0.3) is 0 Å². The van der Waals surface area contributed by atoms with Gasteiger partial charge in [-0.3, -0.25) is 4.68 Å². The molecule has 0 radical (unpaired) electrons. The summed E-state index contributed by atoms with van der Waals surface area (Å²) in [6, 6.07) is 6.55. The molecular weight excluding hydrogens is 401 g/mol. The van der Waals surface area contributed by atoms with E-state index in [0.29, 0.717) is 13.1 Å². The first-order chi connectivity index (χ1) is 12.2. The van der Waals surface area contributed by atoms with Crippen molar-refractivity contribution in [2.24, 2.45) is 5.41 Å². The van der Waals surface area contributed by atoms with Crippen molar-refractivity contribution in [2.75, 3.05) is 13.1 Å². The van der Waals surface area contributed by atoms with Gasteiger partial charge >= 0.3 is 5.97 Å². The Labute approximate surface area is 161 Å². The molecule has 0 saturated carbocycles. The number of carbonyl (C=O) groups excluding carboxylic acids is 1. The van der Waals surface area contributed by atoms with E-state index < -0.39 is 5.41 Å². The van der Waals surface area contributed by atoms with Crippen LogP contribution in [0.4, 0.5) is 4.39 Å². The zero-order chi connectivity index (χ0) is 18.9. The minimum Gasteiger partial charge on any atom is -0.367 e. The summed E-state index contributed by atoms with van der Waals surface area (Å²) >= 11 is 3.55. The summed E-state index contributed by atoms with van der Waals surface area (Å²) in [5.41, 5.74) is 1.16. The summed E-state index contributed by atoms with van der Waals surface area (Å²) in [5.74, 6) is -0.474. The van der Waals surface area contributed by atoms with Crippen LogP contribution in [0.3, 0.4) is 0 Å². The molecule has 1 aromatic carbocycles. The molecule has 2 heterocycles. The van der Waals surface area contributed by atoms with Crippen LogP contribution >= 0.6 is 15.9 Å². The Bertz CT molecular complexity index is 775. The molecule has 0 atom stereocenters. The van der Waals surface area contributed by atoms with Gasteiger partial charge in [-0.2, -0.15) is 5.10 Å². The van der Waals surface area contributed by atoms with E-state index in [2.05, 4.69) is 21.0 Å². The average Bonchev–Trinajstić information content (AvgIpc) is 2.97. The lowest BCUT2D eigenvalue weighted by Gasteiger charge is -2.32. The highest BCUT2D eigenvalue weighted by Gasteiger charge is 2.29. The molecular formula is C19H23BrFN3O2. The molecule has 0 unspecified atom stereocenters. The van der Waals surface area contributed by atoms with E-state index in [9.17, 15) is 9.18 Å². The van der Waals surface area contributed by atoms with E-state index in [-0.39, 0.29) is 17.8 Å². The molecule has 5 nitrogen and oxygen atoms in total. The fraction of sp³-hybridized carbons (Fsp3) is 0.474. The number of hydroxylamine groups is 2. The lowest BCUT2D eigenvalue weighted by Crippen LogP contribution is -2.39. The van der Waals surface area contributed by atoms with E-state index in [1.807, 2.05) is 31.6 Å². The largest absolute Gasteiger partial charge is 0.367 e. The first-order valence-electron chi connectivity index (χ1n) is 8.72. The summed E-state index contributed by atoms with van der Waals surface area (Å²) in [7, 11) is 0. The smallest absolute Gasteiger partial charge is 0.330 e. The van der Waals surface area contributed by atoms with Crippen LogP contribution in [0.15, 0.2) is 34.9 Å². The van der Waals surface area contributed by atoms with E-state index in [1.54, 1.807) is 17.2 Å². The monoisotopic (exact) mass is 423 g/mol. The van der Waals surface area contributed by atoms with Crippen molar-refractivity contribution in [3.05, 3.63) is 40.8 Å². The van der Waals surface area contributed by atoms with Gasteiger partial charge in [-0.15, -0.1) is 5.06 Å². The van der Waals surface area contributed by atoms with Crippen LogP contribution < -0.4 is 0 Å². The van der Waals surface area contributed by atoms with E-state index in [4.69, 9.17) is 4.84 Å². The number of aromatic nitrogens is 2. The normalized spacial score (nSPS) is 16.7. The Balaban J connectivity index is 1.64. The standard InChI is InChI=1S/C19H23BrFN3O2/c1-19(2,3)18(25)26-23-10-8-15(9-11-23)24-12-16(20)17(22-24)13-4-6-14(21)7-5-13/h4-7,12,15H,8-11H2,1-3H3. The summed E-state index contributed by atoms with van der Waals surface area (Å²) < 4.78 is 16.0. The van der Waals surface area contributed by atoms with Crippen molar-refractivity contribution < 1.29 is 14.0 Å². The molecule has 0 spiro atoms. The molecule has 2 aromatic rings. The number of rotatable bonds is 3. The van der Waals surface area contributed by atoms with Gasteiger partial charge in [0.05, 0.1) is 15.9 Å². The van der Waals surface area contributed by atoms with Crippen molar-refractivity contribution in [1.82, 2.24) is 14.8 Å². The first kappa shape index (κ1) is 19.0. The van der Waals surface area contributed by atoms with Gasteiger partial charge in [0.1, 0.15) is 11.5 Å². The number of benzene rings is 1. The molecule has 1 saturated heterocycles. The van der Waals surface area contributed by atoms with Crippen molar-refractivity contribution in [3.8, 4) is 11.3 Å². The third-order valence-electron chi connectivity index (χ3n) is 4.43. The first-order valence-corrected chi connectivity index (χ1v) is 9.51. The molecule has 1 fully saturated rings. The Morgan fingerprint density at radius 2 is 1.85 bits per heavy atom. The maximum Gasteiger partial charge on any atom is 0.330 e. The Morgan fingerprint density at radius 3 is 2.42 bits per heavy atom. The Kier molecular flexibility index (Phi) is 5.48. The maximum absolute atomic E-state index is 13.1.